The van der Waals surface area contributed by atoms with Gasteiger partial charge in [0.15, 0.2) is 9.84 Å². The van der Waals surface area contributed by atoms with Crippen LogP contribution in [0.1, 0.15) is 24.8 Å². The zero-order valence-electron chi connectivity index (χ0n) is 16.0. The van der Waals surface area contributed by atoms with Crippen LogP contribution in [0.5, 0.6) is 0 Å². The molecule has 0 N–H and O–H groups in total. The first-order valence-corrected chi connectivity index (χ1v) is 11.6. The van der Waals surface area contributed by atoms with Crippen LogP contribution in [0.15, 0.2) is 30.3 Å². The molecule has 0 aromatic heterocycles. The summed E-state index contributed by atoms with van der Waals surface area (Å²) in [4.78, 5) is 17.4. The van der Waals surface area contributed by atoms with Crippen LogP contribution in [-0.4, -0.2) is 75.0 Å². The van der Waals surface area contributed by atoms with E-state index in [1.54, 1.807) is 12.0 Å². The maximum Gasteiger partial charge on any atom is 0.227 e. The topological polar surface area (TPSA) is 66.9 Å². The van der Waals surface area contributed by atoms with Gasteiger partial charge in [-0.2, -0.15) is 0 Å². The van der Waals surface area contributed by atoms with Gasteiger partial charge in [-0.15, -0.1) is 0 Å². The van der Waals surface area contributed by atoms with Gasteiger partial charge in [0, 0.05) is 32.8 Å². The number of piperidine rings is 1. The Morgan fingerprint density at radius 1 is 1.26 bits per heavy atom. The Hall–Kier alpha value is -1.44. The maximum atomic E-state index is 13.2. The van der Waals surface area contributed by atoms with Crippen molar-refractivity contribution in [2.45, 2.75) is 31.8 Å². The van der Waals surface area contributed by atoms with Crippen LogP contribution >= 0.6 is 0 Å². The van der Waals surface area contributed by atoms with Crippen molar-refractivity contribution in [2.75, 3.05) is 44.9 Å². The Morgan fingerprint density at radius 2 is 2.04 bits per heavy atom. The molecule has 27 heavy (non-hydrogen) atoms. The first kappa shape index (κ1) is 20.3. The molecule has 2 aliphatic heterocycles. The van der Waals surface area contributed by atoms with Gasteiger partial charge in [0.1, 0.15) is 0 Å². The number of amides is 1. The van der Waals surface area contributed by atoms with Crippen LogP contribution in [0, 0.1) is 5.92 Å². The summed E-state index contributed by atoms with van der Waals surface area (Å²) in [6.45, 7) is 3.47. The normalized spacial score (nSPS) is 25.4. The summed E-state index contributed by atoms with van der Waals surface area (Å²) in [6.07, 6.45) is 2.40. The van der Waals surface area contributed by atoms with Crippen molar-refractivity contribution >= 4 is 15.7 Å². The second-order valence-electron chi connectivity index (χ2n) is 7.64. The highest BCUT2D eigenvalue weighted by Gasteiger charge is 2.37. The molecule has 2 saturated heterocycles. The minimum Gasteiger partial charge on any atom is -0.383 e. The number of benzene rings is 1. The van der Waals surface area contributed by atoms with Gasteiger partial charge in [-0.3, -0.25) is 9.69 Å². The number of carbonyl (C=O) groups excluding carboxylic acids is 1. The third-order valence-electron chi connectivity index (χ3n) is 5.57. The second kappa shape index (κ2) is 9.17. The van der Waals surface area contributed by atoms with Crippen molar-refractivity contribution < 1.29 is 17.9 Å². The molecule has 2 fully saturated rings. The molecule has 1 aromatic rings. The molecule has 0 aliphatic carbocycles. The largest absolute Gasteiger partial charge is 0.383 e. The van der Waals surface area contributed by atoms with Crippen LogP contribution in [0.25, 0.3) is 0 Å². The number of sulfone groups is 1. The van der Waals surface area contributed by atoms with E-state index >= 15 is 0 Å². The van der Waals surface area contributed by atoms with Crippen molar-refractivity contribution in [3.63, 3.8) is 0 Å². The highest BCUT2D eigenvalue weighted by Crippen LogP contribution is 2.25. The van der Waals surface area contributed by atoms with Crippen molar-refractivity contribution in [3.05, 3.63) is 35.9 Å². The average molecular weight is 395 g/mol. The molecule has 0 saturated carbocycles. The smallest absolute Gasteiger partial charge is 0.227 e. The molecule has 0 spiro atoms. The third kappa shape index (κ3) is 5.53. The molecule has 3 rings (SSSR count). The van der Waals surface area contributed by atoms with Crippen LogP contribution < -0.4 is 0 Å². The fourth-order valence-corrected chi connectivity index (χ4v) is 5.89. The second-order valence-corrected chi connectivity index (χ2v) is 9.87. The highest BCUT2D eigenvalue weighted by molar-refractivity contribution is 7.91. The van der Waals surface area contributed by atoms with E-state index in [2.05, 4.69) is 17.0 Å². The summed E-state index contributed by atoms with van der Waals surface area (Å²) in [5, 5.41) is 0. The Kier molecular flexibility index (Phi) is 6.89. The van der Waals surface area contributed by atoms with E-state index < -0.39 is 9.84 Å². The maximum absolute atomic E-state index is 13.2. The summed E-state index contributed by atoms with van der Waals surface area (Å²) < 4.78 is 29.0. The number of carbonyl (C=O) groups is 1. The summed E-state index contributed by atoms with van der Waals surface area (Å²) in [6, 6.07) is 10.1. The summed E-state index contributed by atoms with van der Waals surface area (Å²) in [5.74, 6) is 0.289. The molecule has 7 heteroatoms. The predicted molar refractivity (Wildman–Crippen MR) is 105 cm³/mol. The van der Waals surface area contributed by atoms with Crippen molar-refractivity contribution in [3.8, 4) is 0 Å². The molecule has 2 atom stereocenters. The number of likely N-dealkylation sites (tertiary alicyclic amines) is 1. The van der Waals surface area contributed by atoms with E-state index in [-0.39, 0.29) is 29.4 Å². The van der Waals surface area contributed by atoms with E-state index in [9.17, 15) is 13.2 Å². The first-order valence-electron chi connectivity index (χ1n) is 9.74. The molecule has 2 unspecified atom stereocenters. The zero-order chi connectivity index (χ0) is 19.3. The fraction of sp³-hybridized carbons (Fsp3) is 0.650. The van der Waals surface area contributed by atoms with E-state index in [0.717, 1.165) is 32.5 Å². The van der Waals surface area contributed by atoms with Gasteiger partial charge in [-0.05, 0) is 31.4 Å². The highest BCUT2D eigenvalue weighted by atomic mass is 32.2. The zero-order valence-corrected chi connectivity index (χ0v) is 16.9. The number of rotatable bonds is 7. The minimum atomic E-state index is -3.03. The van der Waals surface area contributed by atoms with Crippen LogP contribution in [0.3, 0.4) is 0 Å². The first-order chi connectivity index (χ1) is 13.0. The van der Waals surface area contributed by atoms with E-state index in [1.807, 2.05) is 18.2 Å². The van der Waals surface area contributed by atoms with Crippen LogP contribution in [0.4, 0.5) is 0 Å². The number of nitrogens with zero attached hydrogens (tertiary/aromatic N) is 2. The Bertz CT molecular complexity index is 723. The SMILES string of the molecule is COCCN(C(=O)C1CCCN(Cc2ccccc2)C1)C1CCS(=O)(=O)C1. The van der Waals surface area contributed by atoms with Crippen LogP contribution in [0.2, 0.25) is 0 Å². The average Bonchev–Trinajstić information content (AvgIpc) is 3.02. The monoisotopic (exact) mass is 394 g/mol. The van der Waals surface area contributed by atoms with Crippen molar-refractivity contribution in [1.82, 2.24) is 9.80 Å². The van der Waals surface area contributed by atoms with Gasteiger partial charge in [0.25, 0.3) is 0 Å². The fourth-order valence-electron chi connectivity index (χ4n) is 4.16. The van der Waals surface area contributed by atoms with Gasteiger partial charge in [0.2, 0.25) is 5.91 Å². The van der Waals surface area contributed by atoms with E-state index in [0.29, 0.717) is 19.6 Å². The molecule has 2 aliphatic rings. The Morgan fingerprint density at radius 3 is 2.70 bits per heavy atom. The molecular formula is C20H30N2O4S. The summed E-state index contributed by atoms with van der Waals surface area (Å²) >= 11 is 0. The molecule has 0 bridgehead atoms. The summed E-state index contributed by atoms with van der Waals surface area (Å²) in [5.41, 5.74) is 1.25. The quantitative estimate of drug-likeness (QED) is 0.702. The molecule has 6 nitrogen and oxygen atoms in total. The molecule has 1 aromatic carbocycles. The number of hydrogen-bond acceptors (Lipinski definition) is 5. The molecule has 0 radical (unpaired) electrons. The Labute approximate surface area is 162 Å². The lowest BCUT2D eigenvalue weighted by Gasteiger charge is -2.37. The number of hydrogen-bond donors (Lipinski definition) is 0. The lowest BCUT2D eigenvalue weighted by atomic mass is 9.95. The lowest BCUT2D eigenvalue weighted by molar-refractivity contribution is -0.140. The molecule has 150 valence electrons. The molecular weight excluding hydrogens is 364 g/mol. The van der Waals surface area contributed by atoms with Gasteiger partial charge in [-0.1, -0.05) is 30.3 Å². The minimum absolute atomic E-state index is 0.0670. The lowest BCUT2D eigenvalue weighted by Crippen LogP contribution is -2.49. The van der Waals surface area contributed by atoms with Crippen LogP contribution in [-0.2, 0) is 25.9 Å². The van der Waals surface area contributed by atoms with E-state index in [1.165, 1.54) is 5.56 Å². The van der Waals surface area contributed by atoms with E-state index in [4.69, 9.17) is 4.74 Å². The number of methoxy groups -OCH3 is 1. The number of ether oxygens (including phenoxy) is 1. The van der Waals surface area contributed by atoms with Crippen molar-refractivity contribution in [2.24, 2.45) is 5.92 Å². The third-order valence-corrected chi connectivity index (χ3v) is 7.32. The van der Waals surface area contributed by atoms with Gasteiger partial charge in [0.05, 0.1) is 24.0 Å². The van der Waals surface area contributed by atoms with Crippen molar-refractivity contribution in [1.29, 1.82) is 0 Å². The van der Waals surface area contributed by atoms with Gasteiger partial charge >= 0.3 is 0 Å². The van der Waals surface area contributed by atoms with Gasteiger partial charge < -0.3 is 9.64 Å². The van der Waals surface area contributed by atoms with Gasteiger partial charge in [-0.25, -0.2) is 8.42 Å². The standard InChI is InChI=1S/C20H30N2O4S/c1-26-12-11-22(19-9-13-27(24,25)16-19)20(23)18-8-5-10-21(15-18)14-17-6-3-2-4-7-17/h2-4,6-7,18-19H,5,8-16H2,1H3. The molecule has 2 heterocycles. The predicted octanol–water partition coefficient (Wildman–Crippen LogP) is 1.56. The summed E-state index contributed by atoms with van der Waals surface area (Å²) in [7, 11) is -1.42. The Balaban J connectivity index is 1.65. The molecule has 1 amide bonds.